The summed E-state index contributed by atoms with van der Waals surface area (Å²) in [5.74, 6) is 0.578. The van der Waals surface area contributed by atoms with E-state index in [1.165, 1.54) is 14.7 Å². The first-order chi connectivity index (χ1) is 11.0. The number of thiophene rings is 1. The van der Waals surface area contributed by atoms with Crippen LogP contribution in [0.3, 0.4) is 0 Å². The molecule has 0 spiro atoms. The van der Waals surface area contributed by atoms with Gasteiger partial charge in [0.15, 0.2) is 5.96 Å². The lowest BCUT2D eigenvalue weighted by molar-refractivity contribution is -0.127. The SMILES string of the molecule is Cc1cnc(CNC(=NCC(=O)N(C)C)NCc2cccs2)s1.I. The van der Waals surface area contributed by atoms with Crippen LogP contribution in [0.25, 0.3) is 0 Å². The highest BCUT2D eigenvalue weighted by Crippen LogP contribution is 2.10. The Morgan fingerprint density at radius 2 is 2.08 bits per heavy atom. The highest BCUT2D eigenvalue weighted by Gasteiger charge is 2.06. The second-order valence-electron chi connectivity index (χ2n) is 5.10. The number of rotatable bonds is 6. The number of nitrogens with one attached hydrogen (secondary N) is 2. The van der Waals surface area contributed by atoms with Crippen molar-refractivity contribution in [1.82, 2.24) is 20.5 Å². The highest BCUT2D eigenvalue weighted by atomic mass is 127. The Kier molecular flexibility index (Phi) is 9.22. The average molecular weight is 479 g/mol. The van der Waals surface area contributed by atoms with Crippen molar-refractivity contribution >= 4 is 58.5 Å². The van der Waals surface area contributed by atoms with Crippen molar-refractivity contribution in [1.29, 1.82) is 0 Å². The van der Waals surface area contributed by atoms with E-state index < -0.39 is 0 Å². The molecule has 0 fully saturated rings. The average Bonchev–Trinajstić information content (AvgIpc) is 3.17. The molecule has 0 aliphatic rings. The van der Waals surface area contributed by atoms with Gasteiger partial charge in [-0.15, -0.1) is 46.7 Å². The van der Waals surface area contributed by atoms with Crippen LogP contribution >= 0.6 is 46.7 Å². The van der Waals surface area contributed by atoms with Crippen LogP contribution in [0, 0.1) is 6.92 Å². The molecule has 0 aliphatic heterocycles. The zero-order valence-electron chi connectivity index (χ0n) is 13.9. The molecule has 0 radical (unpaired) electrons. The van der Waals surface area contributed by atoms with Gasteiger partial charge >= 0.3 is 0 Å². The van der Waals surface area contributed by atoms with Gasteiger partial charge in [0.25, 0.3) is 0 Å². The molecule has 0 unspecified atom stereocenters. The van der Waals surface area contributed by atoms with Crippen LogP contribution < -0.4 is 10.6 Å². The van der Waals surface area contributed by atoms with Gasteiger partial charge in [-0.2, -0.15) is 0 Å². The Labute approximate surface area is 167 Å². The smallest absolute Gasteiger partial charge is 0.243 e. The van der Waals surface area contributed by atoms with E-state index in [-0.39, 0.29) is 36.4 Å². The Morgan fingerprint density at radius 3 is 2.67 bits per heavy atom. The number of halogens is 1. The van der Waals surface area contributed by atoms with Crippen LogP contribution in [0.2, 0.25) is 0 Å². The highest BCUT2D eigenvalue weighted by molar-refractivity contribution is 14.0. The minimum absolute atomic E-state index is 0. The zero-order chi connectivity index (χ0) is 16.7. The Hall–Kier alpha value is -1.20. The number of hydrogen-bond acceptors (Lipinski definition) is 5. The van der Waals surface area contributed by atoms with Gasteiger partial charge in [-0.1, -0.05) is 6.07 Å². The maximum atomic E-state index is 11.7. The molecule has 2 aromatic heterocycles. The fraction of sp³-hybridized carbons (Fsp3) is 0.400. The third-order valence-electron chi connectivity index (χ3n) is 2.96. The number of guanidine groups is 1. The first kappa shape index (κ1) is 20.8. The fourth-order valence-corrected chi connectivity index (χ4v) is 3.06. The summed E-state index contributed by atoms with van der Waals surface area (Å²) in [4.78, 5) is 24.3. The van der Waals surface area contributed by atoms with E-state index in [2.05, 4.69) is 26.7 Å². The normalized spacial score (nSPS) is 10.9. The summed E-state index contributed by atoms with van der Waals surface area (Å²) in [6.45, 7) is 3.41. The van der Waals surface area contributed by atoms with Crippen molar-refractivity contribution in [2.24, 2.45) is 4.99 Å². The molecule has 0 aliphatic carbocycles. The Balaban J connectivity index is 0.00000288. The molecule has 0 bridgehead atoms. The standard InChI is InChI=1S/C15H21N5OS2.HI/c1-11-7-16-13(23-11)9-18-15(19-10-14(21)20(2)3)17-8-12-5-4-6-22-12;/h4-7H,8-10H2,1-3H3,(H2,17,18,19);1H. The lowest BCUT2D eigenvalue weighted by Gasteiger charge is -2.12. The molecule has 2 aromatic rings. The minimum Gasteiger partial charge on any atom is -0.351 e. The molecule has 0 saturated carbocycles. The number of aliphatic imine (C=N–C) groups is 1. The molecule has 2 N–H and O–H groups in total. The molecule has 0 atom stereocenters. The number of nitrogens with zero attached hydrogens (tertiary/aromatic N) is 3. The van der Waals surface area contributed by atoms with Gasteiger partial charge in [0.05, 0.1) is 13.1 Å². The van der Waals surface area contributed by atoms with E-state index in [9.17, 15) is 4.79 Å². The van der Waals surface area contributed by atoms with Crippen LogP contribution in [0.4, 0.5) is 0 Å². The van der Waals surface area contributed by atoms with E-state index >= 15 is 0 Å². The predicted molar refractivity (Wildman–Crippen MR) is 111 cm³/mol. The van der Waals surface area contributed by atoms with E-state index in [0.29, 0.717) is 19.0 Å². The largest absolute Gasteiger partial charge is 0.351 e. The summed E-state index contributed by atoms with van der Waals surface area (Å²) < 4.78 is 0. The van der Waals surface area contributed by atoms with Gasteiger partial charge in [0.2, 0.25) is 5.91 Å². The maximum Gasteiger partial charge on any atom is 0.243 e. The lowest BCUT2D eigenvalue weighted by Crippen LogP contribution is -2.37. The molecule has 132 valence electrons. The summed E-state index contributed by atoms with van der Waals surface area (Å²) in [6.07, 6.45) is 1.85. The Bertz CT molecular complexity index is 655. The molecule has 9 heteroatoms. The fourth-order valence-electron chi connectivity index (χ4n) is 1.69. The lowest BCUT2D eigenvalue weighted by atomic mass is 10.4. The topological polar surface area (TPSA) is 69.6 Å². The van der Waals surface area contributed by atoms with Crippen molar-refractivity contribution in [2.75, 3.05) is 20.6 Å². The van der Waals surface area contributed by atoms with E-state index in [1.807, 2.05) is 24.6 Å². The monoisotopic (exact) mass is 479 g/mol. The molecule has 2 heterocycles. The van der Waals surface area contributed by atoms with E-state index in [1.54, 1.807) is 36.8 Å². The number of aromatic nitrogens is 1. The number of carbonyl (C=O) groups is 1. The van der Waals surface area contributed by atoms with Gasteiger partial charge < -0.3 is 15.5 Å². The minimum atomic E-state index is -0.0349. The van der Waals surface area contributed by atoms with Crippen LogP contribution in [0.5, 0.6) is 0 Å². The summed E-state index contributed by atoms with van der Waals surface area (Å²) >= 11 is 3.33. The summed E-state index contributed by atoms with van der Waals surface area (Å²) in [5, 5.41) is 9.51. The maximum absolute atomic E-state index is 11.7. The molecular weight excluding hydrogens is 457 g/mol. The second kappa shape index (κ2) is 10.6. The van der Waals surface area contributed by atoms with Crippen molar-refractivity contribution in [3.63, 3.8) is 0 Å². The van der Waals surface area contributed by atoms with Crippen molar-refractivity contribution < 1.29 is 4.79 Å². The third-order valence-corrected chi connectivity index (χ3v) is 4.75. The molecule has 2 rings (SSSR count). The molecule has 0 saturated heterocycles. The van der Waals surface area contributed by atoms with Crippen LogP contribution in [0.15, 0.2) is 28.7 Å². The number of carbonyl (C=O) groups excluding carboxylic acids is 1. The number of thiazole rings is 1. The number of aryl methyl sites for hydroxylation is 1. The molecular formula is C15H22IN5OS2. The molecule has 1 amide bonds. The molecule has 0 aromatic carbocycles. The van der Waals surface area contributed by atoms with Crippen molar-refractivity contribution in [3.05, 3.63) is 38.5 Å². The van der Waals surface area contributed by atoms with Crippen LogP contribution in [-0.4, -0.2) is 42.4 Å². The molecule has 6 nitrogen and oxygen atoms in total. The Morgan fingerprint density at radius 1 is 1.33 bits per heavy atom. The van der Waals surface area contributed by atoms with Crippen molar-refractivity contribution in [3.8, 4) is 0 Å². The number of amides is 1. The quantitative estimate of drug-likeness (QED) is 0.380. The van der Waals surface area contributed by atoms with Gasteiger partial charge in [0, 0.05) is 30.0 Å². The number of likely N-dealkylation sites (N-methyl/N-ethyl adjacent to an activating group) is 1. The summed E-state index contributed by atoms with van der Waals surface area (Å²) in [7, 11) is 3.45. The number of hydrogen-bond donors (Lipinski definition) is 2. The zero-order valence-corrected chi connectivity index (χ0v) is 17.9. The first-order valence-electron chi connectivity index (χ1n) is 7.20. The van der Waals surface area contributed by atoms with E-state index in [0.717, 1.165) is 5.01 Å². The van der Waals surface area contributed by atoms with Gasteiger partial charge in [-0.3, -0.25) is 4.79 Å². The van der Waals surface area contributed by atoms with Crippen LogP contribution in [0.1, 0.15) is 14.8 Å². The first-order valence-corrected chi connectivity index (χ1v) is 8.90. The molecule has 24 heavy (non-hydrogen) atoms. The van der Waals surface area contributed by atoms with Crippen molar-refractivity contribution in [2.45, 2.75) is 20.0 Å². The van der Waals surface area contributed by atoms with Gasteiger partial charge in [-0.05, 0) is 18.4 Å². The van der Waals surface area contributed by atoms with E-state index in [4.69, 9.17) is 0 Å². The predicted octanol–water partition coefficient (Wildman–Crippen LogP) is 2.45. The second-order valence-corrected chi connectivity index (χ2v) is 7.46. The van der Waals surface area contributed by atoms with Gasteiger partial charge in [-0.25, -0.2) is 9.98 Å². The van der Waals surface area contributed by atoms with Gasteiger partial charge in [0.1, 0.15) is 11.6 Å². The third kappa shape index (κ3) is 7.14. The summed E-state index contributed by atoms with van der Waals surface area (Å²) in [5.41, 5.74) is 0. The summed E-state index contributed by atoms with van der Waals surface area (Å²) in [6, 6.07) is 4.07. The van der Waals surface area contributed by atoms with Crippen LogP contribution in [-0.2, 0) is 17.9 Å².